The molecule has 92 valence electrons. The lowest BCUT2D eigenvalue weighted by Crippen LogP contribution is -2.06. The fourth-order valence-corrected chi connectivity index (χ4v) is 2.42. The molecule has 0 saturated heterocycles. The summed E-state index contributed by atoms with van der Waals surface area (Å²) in [6.45, 7) is 0. The van der Waals surface area contributed by atoms with E-state index in [1.165, 1.54) is 12.1 Å². The second-order valence-corrected chi connectivity index (χ2v) is 4.74. The zero-order chi connectivity index (χ0) is 13.0. The van der Waals surface area contributed by atoms with Crippen molar-refractivity contribution in [2.45, 2.75) is 11.3 Å². The standard InChI is InChI=1S/C15H13FOS/c1-18-15-9-5-2-6-11(15)10-14(17)12-7-3-4-8-13(12)16/h2-9H,10H2,1H3. The van der Waals surface area contributed by atoms with E-state index in [2.05, 4.69) is 0 Å². The number of ketones is 1. The Labute approximate surface area is 110 Å². The van der Waals surface area contributed by atoms with Gasteiger partial charge in [-0.15, -0.1) is 11.8 Å². The molecular formula is C15H13FOS. The molecule has 0 heterocycles. The van der Waals surface area contributed by atoms with Crippen LogP contribution in [-0.4, -0.2) is 12.0 Å². The Balaban J connectivity index is 2.24. The Kier molecular flexibility index (Phi) is 4.15. The molecule has 0 bridgehead atoms. The second-order valence-electron chi connectivity index (χ2n) is 3.89. The first kappa shape index (κ1) is 12.8. The minimum atomic E-state index is -0.455. The van der Waals surface area contributed by atoms with Crippen LogP contribution in [0.1, 0.15) is 15.9 Å². The smallest absolute Gasteiger partial charge is 0.170 e. The lowest BCUT2D eigenvalue weighted by molar-refractivity contribution is 0.0988. The molecule has 0 aliphatic rings. The van der Waals surface area contributed by atoms with Gasteiger partial charge in [-0.3, -0.25) is 4.79 Å². The summed E-state index contributed by atoms with van der Waals surface area (Å²) in [5.74, 6) is -0.640. The Bertz CT molecular complexity index is 566. The van der Waals surface area contributed by atoms with Crippen LogP contribution in [0.2, 0.25) is 0 Å². The van der Waals surface area contributed by atoms with Gasteiger partial charge in [0.25, 0.3) is 0 Å². The topological polar surface area (TPSA) is 17.1 Å². The molecule has 0 fully saturated rings. The molecule has 0 amide bonds. The van der Waals surface area contributed by atoms with Gasteiger partial charge in [0.15, 0.2) is 5.78 Å². The maximum absolute atomic E-state index is 13.5. The molecule has 0 aliphatic carbocycles. The third kappa shape index (κ3) is 2.79. The van der Waals surface area contributed by atoms with E-state index in [1.54, 1.807) is 23.9 Å². The summed E-state index contributed by atoms with van der Waals surface area (Å²) in [4.78, 5) is 13.1. The summed E-state index contributed by atoms with van der Waals surface area (Å²) in [5, 5.41) is 0. The van der Waals surface area contributed by atoms with Gasteiger partial charge in [0.05, 0.1) is 5.56 Å². The molecular weight excluding hydrogens is 247 g/mol. The number of Topliss-reactive ketones (excluding diaryl/α,β-unsaturated/α-hetero) is 1. The van der Waals surface area contributed by atoms with E-state index in [9.17, 15) is 9.18 Å². The van der Waals surface area contributed by atoms with E-state index in [4.69, 9.17) is 0 Å². The largest absolute Gasteiger partial charge is 0.294 e. The summed E-state index contributed by atoms with van der Waals surface area (Å²) in [7, 11) is 0. The Morgan fingerprint density at radius 2 is 1.78 bits per heavy atom. The first-order valence-electron chi connectivity index (χ1n) is 5.62. The molecule has 3 heteroatoms. The predicted molar refractivity (Wildman–Crippen MR) is 72.7 cm³/mol. The van der Waals surface area contributed by atoms with Crippen LogP contribution in [0.4, 0.5) is 4.39 Å². The Morgan fingerprint density at radius 1 is 1.11 bits per heavy atom. The van der Waals surface area contributed by atoms with Crippen molar-refractivity contribution < 1.29 is 9.18 Å². The van der Waals surface area contributed by atoms with Gasteiger partial charge in [0, 0.05) is 11.3 Å². The van der Waals surface area contributed by atoms with E-state index in [1.807, 2.05) is 30.5 Å². The normalized spacial score (nSPS) is 10.3. The van der Waals surface area contributed by atoms with Gasteiger partial charge in [-0.25, -0.2) is 4.39 Å². The first-order valence-corrected chi connectivity index (χ1v) is 6.84. The van der Waals surface area contributed by atoms with Gasteiger partial charge >= 0.3 is 0 Å². The van der Waals surface area contributed by atoms with Crippen molar-refractivity contribution in [2.24, 2.45) is 0 Å². The lowest BCUT2D eigenvalue weighted by Gasteiger charge is -2.07. The highest BCUT2D eigenvalue weighted by Crippen LogP contribution is 2.21. The van der Waals surface area contributed by atoms with Gasteiger partial charge < -0.3 is 0 Å². The molecule has 0 spiro atoms. The Hall–Kier alpha value is -1.61. The lowest BCUT2D eigenvalue weighted by atomic mass is 10.0. The van der Waals surface area contributed by atoms with E-state index in [0.717, 1.165) is 10.5 Å². The number of carbonyl (C=O) groups excluding carboxylic acids is 1. The maximum atomic E-state index is 13.5. The van der Waals surface area contributed by atoms with Crippen molar-refractivity contribution in [2.75, 3.05) is 6.26 Å². The minimum Gasteiger partial charge on any atom is -0.294 e. The predicted octanol–water partition coefficient (Wildman–Crippen LogP) is 3.97. The summed E-state index contributed by atoms with van der Waals surface area (Å²) >= 11 is 1.59. The van der Waals surface area contributed by atoms with Crippen molar-refractivity contribution in [1.82, 2.24) is 0 Å². The van der Waals surface area contributed by atoms with E-state index in [-0.39, 0.29) is 17.8 Å². The van der Waals surface area contributed by atoms with E-state index in [0.29, 0.717) is 0 Å². The van der Waals surface area contributed by atoms with Crippen LogP contribution >= 0.6 is 11.8 Å². The molecule has 0 aliphatic heterocycles. The fraction of sp³-hybridized carbons (Fsp3) is 0.133. The fourth-order valence-electron chi connectivity index (χ4n) is 1.80. The minimum absolute atomic E-state index is 0.161. The molecule has 2 aromatic carbocycles. The van der Waals surface area contributed by atoms with Crippen molar-refractivity contribution >= 4 is 17.5 Å². The van der Waals surface area contributed by atoms with Gasteiger partial charge in [0.1, 0.15) is 5.82 Å². The maximum Gasteiger partial charge on any atom is 0.170 e. The molecule has 0 atom stereocenters. The highest BCUT2D eigenvalue weighted by atomic mass is 32.2. The quantitative estimate of drug-likeness (QED) is 0.611. The SMILES string of the molecule is CSc1ccccc1CC(=O)c1ccccc1F. The van der Waals surface area contributed by atoms with Crippen LogP contribution in [0, 0.1) is 5.82 Å². The Morgan fingerprint density at radius 3 is 2.50 bits per heavy atom. The zero-order valence-corrected chi connectivity index (χ0v) is 10.8. The number of carbonyl (C=O) groups is 1. The highest BCUT2D eigenvalue weighted by molar-refractivity contribution is 7.98. The summed E-state index contributed by atoms with van der Waals surface area (Å²) in [6.07, 6.45) is 2.20. The van der Waals surface area contributed by atoms with Crippen molar-refractivity contribution in [1.29, 1.82) is 0 Å². The van der Waals surface area contributed by atoms with Gasteiger partial charge in [-0.05, 0) is 30.0 Å². The molecule has 0 unspecified atom stereocenters. The number of benzene rings is 2. The van der Waals surface area contributed by atoms with Gasteiger partial charge in [-0.2, -0.15) is 0 Å². The van der Waals surface area contributed by atoms with Crippen LogP contribution in [0.25, 0.3) is 0 Å². The van der Waals surface area contributed by atoms with E-state index >= 15 is 0 Å². The molecule has 1 nitrogen and oxygen atoms in total. The third-order valence-electron chi connectivity index (χ3n) is 2.72. The zero-order valence-electron chi connectivity index (χ0n) is 10.0. The average molecular weight is 260 g/mol. The van der Waals surface area contributed by atoms with Crippen LogP contribution in [0.3, 0.4) is 0 Å². The van der Waals surface area contributed by atoms with Crippen LogP contribution in [0.15, 0.2) is 53.4 Å². The van der Waals surface area contributed by atoms with Crippen molar-refractivity contribution in [3.05, 3.63) is 65.5 Å². The van der Waals surface area contributed by atoms with Crippen LogP contribution in [0.5, 0.6) is 0 Å². The number of hydrogen-bond acceptors (Lipinski definition) is 2. The average Bonchev–Trinajstić information content (AvgIpc) is 2.39. The van der Waals surface area contributed by atoms with Crippen molar-refractivity contribution in [3.8, 4) is 0 Å². The number of halogens is 1. The molecule has 0 saturated carbocycles. The molecule has 2 rings (SSSR count). The number of rotatable bonds is 4. The number of hydrogen-bond donors (Lipinski definition) is 0. The van der Waals surface area contributed by atoms with Gasteiger partial charge in [0.2, 0.25) is 0 Å². The summed E-state index contributed by atoms with van der Waals surface area (Å²) in [5.41, 5.74) is 1.10. The van der Waals surface area contributed by atoms with Crippen molar-refractivity contribution in [3.63, 3.8) is 0 Å². The molecule has 0 N–H and O–H groups in total. The van der Waals surface area contributed by atoms with Gasteiger partial charge in [-0.1, -0.05) is 30.3 Å². The third-order valence-corrected chi connectivity index (χ3v) is 3.56. The monoisotopic (exact) mass is 260 g/mol. The second kappa shape index (κ2) is 5.83. The summed E-state index contributed by atoms with van der Waals surface area (Å²) < 4.78 is 13.5. The number of thioether (sulfide) groups is 1. The van der Waals surface area contributed by atoms with E-state index < -0.39 is 5.82 Å². The first-order chi connectivity index (χ1) is 8.72. The molecule has 0 radical (unpaired) electrons. The molecule has 0 aromatic heterocycles. The highest BCUT2D eigenvalue weighted by Gasteiger charge is 2.13. The molecule has 2 aromatic rings. The van der Waals surface area contributed by atoms with Crippen LogP contribution < -0.4 is 0 Å². The molecule has 18 heavy (non-hydrogen) atoms. The van der Waals surface area contributed by atoms with Crippen LogP contribution in [-0.2, 0) is 6.42 Å². The summed E-state index contributed by atoms with van der Waals surface area (Å²) in [6, 6.07) is 13.8.